The number of halogens is 2. The minimum absolute atomic E-state index is 0.212. The zero-order valence-electron chi connectivity index (χ0n) is 9.00. The van der Waals surface area contributed by atoms with E-state index in [1.165, 1.54) is 0 Å². The summed E-state index contributed by atoms with van der Waals surface area (Å²) in [5.74, 6) is -1.03. The lowest BCUT2D eigenvalue weighted by molar-refractivity contribution is -0.137. The summed E-state index contributed by atoms with van der Waals surface area (Å²) in [6, 6.07) is -1.29. The Hall–Kier alpha value is -1.40. The molecule has 0 aliphatic rings. The van der Waals surface area contributed by atoms with E-state index in [0.29, 0.717) is 12.8 Å². The second-order valence-corrected chi connectivity index (χ2v) is 3.33. The maximum absolute atomic E-state index is 11.8. The van der Waals surface area contributed by atoms with E-state index in [0.717, 1.165) is 0 Å². The van der Waals surface area contributed by atoms with Gasteiger partial charge < -0.3 is 15.7 Å². The molecule has 1 atom stereocenters. The van der Waals surface area contributed by atoms with Gasteiger partial charge in [-0.05, 0) is 6.42 Å². The summed E-state index contributed by atoms with van der Waals surface area (Å²) < 4.78 is 23.5. The molecule has 0 fully saturated rings. The van der Waals surface area contributed by atoms with E-state index in [1.54, 1.807) is 0 Å². The standard InChI is InChI=1S/C9H16F2N2O3/c1-2-3-6(4-8(14)15)13-9(16)12-5-7(10)11/h6-7H,2-5H2,1H3,(H,14,15)(H2,12,13,16). The molecule has 0 aliphatic heterocycles. The van der Waals surface area contributed by atoms with Crippen molar-refractivity contribution >= 4 is 12.0 Å². The topological polar surface area (TPSA) is 78.4 Å². The Morgan fingerprint density at radius 1 is 1.38 bits per heavy atom. The Labute approximate surface area is 92.2 Å². The fourth-order valence-corrected chi connectivity index (χ4v) is 1.19. The fourth-order valence-electron chi connectivity index (χ4n) is 1.19. The Kier molecular flexibility index (Phi) is 7.15. The SMILES string of the molecule is CCCC(CC(=O)O)NC(=O)NCC(F)F. The third-order valence-corrected chi connectivity index (χ3v) is 1.81. The molecule has 0 heterocycles. The molecule has 0 aliphatic carbocycles. The summed E-state index contributed by atoms with van der Waals surface area (Å²) >= 11 is 0. The highest BCUT2D eigenvalue weighted by Gasteiger charge is 2.15. The molecule has 5 nitrogen and oxygen atoms in total. The number of nitrogens with one attached hydrogen (secondary N) is 2. The predicted molar refractivity (Wildman–Crippen MR) is 53.5 cm³/mol. The number of alkyl halides is 2. The highest BCUT2D eigenvalue weighted by Crippen LogP contribution is 2.01. The maximum atomic E-state index is 11.8. The van der Waals surface area contributed by atoms with Crippen molar-refractivity contribution in [1.82, 2.24) is 10.6 Å². The number of carboxylic acids is 1. The molecule has 0 spiro atoms. The number of hydrogen-bond donors (Lipinski definition) is 3. The highest BCUT2D eigenvalue weighted by atomic mass is 19.3. The minimum Gasteiger partial charge on any atom is -0.481 e. The number of carboxylic acid groups (broad SMARTS) is 1. The van der Waals surface area contributed by atoms with Crippen LogP contribution in [0.5, 0.6) is 0 Å². The molecule has 16 heavy (non-hydrogen) atoms. The quantitative estimate of drug-likeness (QED) is 0.623. The molecular formula is C9H16F2N2O3. The lowest BCUT2D eigenvalue weighted by Gasteiger charge is -2.16. The van der Waals surface area contributed by atoms with E-state index < -0.39 is 31.0 Å². The fraction of sp³-hybridized carbons (Fsp3) is 0.778. The number of rotatable bonds is 7. The molecule has 0 aromatic rings. The van der Waals surface area contributed by atoms with E-state index >= 15 is 0 Å². The van der Waals surface area contributed by atoms with Crippen LogP contribution < -0.4 is 10.6 Å². The summed E-state index contributed by atoms with van der Waals surface area (Å²) in [5.41, 5.74) is 0. The smallest absolute Gasteiger partial charge is 0.315 e. The number of amides is 2. The van der Waals surface area contributed by atoms with Crippen molar-refractivity contribution < 1.29 is 23.5 Å². The van der Waals surface area contributed by atoms with Crippen LogP contribution >= 0.6 is 0 Å². The van der Waals surface area contributed by atoms with Crippen LogP contribution in [0.15, 0.2) is 0 Å². The first-order valence-electron chi connectivity index (χ1n) is 5.00. The van der Waals surface area contributed by atoms with Crippen LogP contribution in [-0.2, 0) is 4.79 Å². The number of urea groups is 1. The molecule has 0 rings (SSSR count). The lowest BCUT2D eigenvalue weighted by atomic mass is 10.1. The van der Waals surface area contributed by atoms with Gasteiger partial charge in [-0.25, -0.2) is 13.6 Å². The van der Waals surface area contributed by atoms with Gasteiger partial charge in [-0.3, -0.25) is 4.79 Å². The van der Waals surface area contributed by atoms with Crippen LogP contribution in [0.2, 0.25) is 0 Å². The van der Waals surface area contributed by atoms with E-state index in [-0.39, 0.29) is 6.42 Å². The Bertz CT molecular complexity index is 237. The minimum atomic E-state index is -2.62. The second-order valence-electron chi connectivity index (χ2n) is 3.33. The molecule has 7 heteroatoms. The van der Waals surface area contributed by atoms with Crippen molar-refractivity contribution in [3.05, 3.63) is 0 Å². The molecule has 0 aromatic carbocycles. The van der Waals surface area contributed by atoms with E-state index in [1.807, 2.05) is 12.2 Å². The van der Waals surface area contributed by atoms with Crippen molar-refractivity contribution in [1.29, 1.82) is 0 Å². The highest BCUT2D eigenvalue weighted by molar-refractivity contribution is 5.75. The molecule has 3 N–H and O–H groups in total. The Morgan fingerprint density at radius 2 is 2.00 bits per heavy atom. The van der Waals surface area contributed by atoms with E-state index in [4.69, 9.17) is 5.11 Å². The average Bonchev–Trinajstić information content (AvgIpc) is 2.14. The van der Waals surface area contributed by atoms with Gasteiger partial charge in [0.15, 0.2) is 0 Å². The van der Waals surface area contributed by atoms with Crippen LogP contribution in [0, 0.1) is 0 Å². The summed E-state index contributed by atoms with van der Waals surface area (Å²) in [4.78, 5) is 21.5. The predicted octanol–water partition coefficient (Wildman–Crippen LogP) is 1.19. The van der Waals surface area contributed by atoms with Gasteiger partial charge in [0.25, 0.3) is 6.43 Å². The Balaban J connectivity index is 3.97. The number of hydrogen-bond acceptors (Lipinski definition) is 2. The Morgan fingerprint density at radius 3 is 2.44 bits per heavy atom. The summed E-state index contributed by atoms with van der Waals surface area (Å²) in [7, 11) is 0. The second kappa shape index (κ2) is 7.84. The number of carbonyl (C=O) groups is 2. The molecule has 2 amide bonds. The van der Waals surface area contributed by atoms with Crippen molar-refractivity contribution in [3.8, 4) is 0 Å². The van der Waals surface area contributed by atoms with Crippen LogP contribution in [0.4, 0.5) is 13.6 Å². The average molecular weight is 238 g/mol. The van der Waals surface area contributed by atoms with Gasteiger partial charge in [0, 0.05) is 6.04 Å². The molecular weight excluding hydrogens is 222 g/mol. The van der Waals surface area contributed by atoms with Crippen molar-refractivity contribution in [2.24, 2.45) is 0 Å². The summed E-state index contributed by atoms with van der Waals surface area (Å²) in [6.07, 6.45) is -1.63. The van der Waals surface area contributed by atoms with Gasteiger partial charge in [-0.2, -0.15) is 0 Å². The van der Waals surface area contributed by atoms with Crippen molar-refractivity contribution in [3.63, 3.8) is 0 Å². The summed E-state index contributed by atoms with van der Waals surface area (Å²) in [5, 5.41) is 12.8. The van der Waals surface area contributed by atoms with Crippen molar-refractivity contribution in [2.75, 3.05) is 6.54 Å². The first-order chi connectivity index (χ1) is 7.45. The van der Waals surface area contributed by atoms with Crippen LogP contribution in [0.25, 0.3) is 0 Å². The van der Waals surface area contributed by atoms with Crippen LogP contribution in [0.3, 0.4) is 0 Å². The van der Waals surface area contributed by atoms with Gasteiger partial charge in [-0.15, -0.1) is 0 Å². The molecule has 0 aromatic heterocycles. The zero-order chi connectivity index (χ0) is 12.6. The molecule has 1 unspecified atom stereocenters. The largest absolute Gasteiger partial charge is 0.481 e. The maximum Gasteiger partial charge on any atom is 0.315 e. The summed E-state index contributed by atoms with van der Waals surface area (Å²) in [6.45, 7) is 1.10. The first kappa shape index (κ1) is 14.6. The number of carbonyl (C=O) groups excluding carboxylic acids is 1. The molecule has 0 saturated carbocycles. The molecule has 0 bridgehead atoms. The van der Waals surface area contributed by atoms with Crippen molar-refractivity contribution in [2.45, 2.75) is 38.7 Å². The van der Waals surface area contributed by atoms with Gasteiger partial charge in [-0.1, -0.05) is 13.3 Å². The molecule has 0 saturated heterocycles. The van der Waals surface area contributed by atoms with Crippen LogP contribution in [-0.4, -0.2) is 36.1 Å². The van der Waals surface area contributed by atoms with Gasteiger partial charge >= 0.3 is 12.0 Å². The monoisotopic (exact) mass is 238 g/mol. The molecule has 0 radical (unpaired) electrons. The number of aliphatic carboxylic acids is 1. The third kappa shape index (κ3) is 7.95. The van der Waals surface area contributed by atoms with Gasteiger partial charge in [0.1, 0.15) is 0 Å². The lowest BCUT2D eigenvalue weighted by Crippen LogP contribution is -2.44. The normalized spacial score (nSPS) is 12.2. The third-order valence-electron chi connectivity index (χ3n) is 1.81. The molecule has 94 valence electrons. The van der Waals surface area contributed by atoms with Gasteiger partial charge in [0.2, 0.25) is 0 Å². The van der Waals surface area contributed by atoms with E-state index in [9.17, 15) is 18.4 Å². The van der Waals surface area contributed by atoms with Gasteiger partial charge in [0.05, 0.1) is 13.0 Å². The van der Waals surface area contributed by atoms with E-state index in [2.05, 4.69) is 5.32 Å². The zero-order valence-corrected chi connectivity index (χ0v) is 9.00. The van der Waals surface area contributed by atoms with Crippen LogP contribution in [0.1, 0.15) is 26.2 Å². The first-order valence-corrected chi connectivity index (χ1v) is 5.00.